The summed E-state index contributed by atoms with van der Waals surface area (Å²) in [6.45, 7) is 4.03. The van der Waals surface area contributed by atoms with Gasteiger partial charge in [0.15, 0.2) is 0 Å². The van der Waals surface area contributed by atoms with Gasteiger partial charge in [0.05, 0.1) is 0 Å². The van der Waals surface area contributed by atoms with Gasteiger partial charge in [0.1, 0.15) is 0 Å². The van der Waals surface area contributed by atoms with Crippen molar-refractivity contribution in [2.75, 3.05) is 11.7 Å². The number of alkyl halides is 3. The molecule has 14 heteroatoms. The third kappa shape index (κ3) is 7.22. The number of nitrogens with zero attached hydrogens (tertiary/aromatic N) is 2. The summed E-state index contributed by atoms with van der Waals surface area (Å²) in [5.41, 5.74) is 9.05. The summed E-state index contributed by atoms with van der Waals surface area (Å²) < 4.78 is 50.1. The second-order valence-corrected chi connectivity index (χ2v) is 12.6. The largest absolute Gasteiger partial charge is 0.372 e. The van der Waals surface area contributed by atoms with Crippen LogP contribution in [0.5, 0.6) is 23.0 Å². The average Bonchev–Trinajstić information content (AvgIpc) is 3.60. The zero-order valence-corrected chi connectivity index (χ0v) is 27.0. The van der Waals surface area contributed by atoms with Gasteiger partial charge in [-0.1, -0.05) is 0 Å². The number of fused-ring (bicyclic) bond motifs is 3. The SMILES string of the molecule is CCCC(Cc1cc(OC)c2nc(C)c(Cl)cc2c1)c1cc2c(c(-c3ccc4c(c3)OC(F)(F)O4)n1)OC[I-]2.NC=O.NO. The zero-order valence-electron chi connectivity index (χ0n) is 24.1. The van der Waals surface area contributed by atoms with E-state index < -0.39 is 6.29 Å². The van der Waals surface area contributed by atoms with Gasteiger partial charge in [-0.2, -0.15) is 0 Å². The molecule has 1 atom stereocenters. The molecule has 1 unspecified atom stereocenters. The van der Waals surface area contributed by atoms with E-state index in [1.165, 1.54) is 9.64 Å². The van der Waals surface area contributed by atoms with Crippen molar-refractivity contribution in [3.63, 3.8) is 0 Å². The van der Waals surface area contributed by atoms with E-state index >= 15 is 0 Å². The van der Waals surface area contributed by atoms with Crippen LogP contribution in [0.2, 0.25) is 5.02 Å². The number of benzene rings is 2. The van der Waals surface area contributed by atoms with Crippen LogP contribution in [0.1, 0.15) is 42.6 Å². The number of aryl methyl sites for hydroxylation is 1. The van der Waals surface area contributed by atoms with Gasteiger partial charge in [0.2, 0.25) is 6.41 Å². The maximum Gasteiger partial charge on any atom is 0.204 e. The molecule has 44 heavy (non-hydrogen) atoms. The Labute approximate surface area is 267 Å². The second kappa shape index (κ2) is 14.5. The minimum atomic E-state index is -3.67. The molecule has 0 bridgehead atoms. The first-order chi connectivity index (χ1) is 21.2. The topological polar surface area (TPSA) is 152 Å². The van der Waals surface area contributed by atoms with Crippen molar-refractivity contribution < 1.29 is 58.9 Å². The van der Waals surface area contributed by atoms with E-state index in [1.54, 1.807) is 19.2 Å². The molecular formula is C30H31ClF2IN4O6-. The van der Waals surface area contributed by atoms with Crippen LogP contribution in [0.15, 0.2) is 42.5 Å². The van der Waals surface area contributed by atoms with E-state index in [0.717, 1.165) is 52.9 Å². The van der Waals surface area contributed by atoms with E-state index in [9.17, 15) is 8.78 Å². The summed E-state index contributed by atoms with van der Waals surface area (Å²) in [5.74, 6) is 5.05. The summed E-state index contributed by atoms with van der Waals surface area (Å²) in [6, 6.07) is 13.0. The molecule has 2 aliphatic heterocycles. The fourth-order valence-electron chi connectivity index (χ4n) is 5.04. The molecule has 0 aliphatic carbocycles. The molecule has 0 spiro atoms. The number of methoxy groups -OCH3 is 1. The Morgan fingerprint density at radius 2 is 1.89 bits per heavy atom. The van der Waals surface area contributed by atoms with Crippen molar-refractivity contribution in [2.45, 2.75) is 45.3 Å². The molecule has 0 radical (unpaired) electrons. The first-order valence-corrected chi connectivity index (χ1v) is 16.4. The van der Waals surface area contributed by atoms with Gasteiger partial charge in [-0.25, -0.2) is 5.90 Å². The molecule has 6 rings (SSSR count). The Morgan fingerprint density at radius 3 is 2.59 bits per heavy atom. The number of pyridine rings is 2. The number of hydrogen-bond acceptors (Lipinski definition) is 9. The van der Waals surface area contributed by atoms with E-state index in [4.69, 9.17) is 40.8 Å². The van der Waals surface area contributed by atoms with Crippen LogP contribution in [0.4, 0.5) is 8.78 Å². The Kier molecular flexibility index (Phi) is 11.0. The molecule has 1 amide bonds. The standard InChI is InChI=1S/C29H25ClF2IN2O4.CH3NO.H3NO/c1-4-5-17(8-16-9-19-11-20(30)15(2)34-26(19)25(10-16)36-3)22-13-21-28(37-14-33-21)27(35-22)18-6-7-23-24(12-18)39-29(31,32)38-23;2-1-3;1-2/h6-7,9-13,17H,4-5,8,14H2,1-3H3;1H,(H2,2,3);2H,1H2/q-1;;. The molecule has 4 heterocycles. The predicted octanol–water partition coefficient (Wildman–Crippen LogP) is 2.76. The predicted molar refractivity (Wildman–Crippen MR) is 156 cm³/mol. The number of aromatic nitrogens is 2. The van der Waals surface area contributed by atoms with E-state index in [0.29, 0.717) is 26.6 Å². The first-order valence-electron chi connectivity index (χ1n) is 13.4. The number of amides is 1. The minimum absolute atomic E-state index is 0.00351. The summed E-state index contributed by atoms with van der Waals surface area (Å²) in [4.78, 5) is 18.3. The van der Waals surface area contributed by atoms with Gasteiger partial charge in [-0.15, -0.1) is 0 Å². The third-order valence-electron chi connectivity index (χ3n) is 6.85. The Hall–Kier alpha value is -3.53. The van der Waals surface area contributed by atoms with Crippen LogP contribution in [0.25, 0.3) is 22.2 Å². The monoisotopic (exact) mass is 743 g/mol. The number of halogens is 4. The van der Waals surface area contributed by atoms with Crippen molar-refractivity contribution in [1.82, 2.24) is 9.97 Å². The number of primary amides is 1. The Morgan fingerprint density at radius 1 is 1.16 bits per heavy atom. The molecule has 236 valence electrons. The van der Waals surface area contributed by atoms with Crippen LogP contribution < -0.4 is 51.8 Å². The van der Waals surface area contributed by atoms with Crippen LogP contribution in [-0.4, -0.2) is 39.6 Å². The van der Waals surface area contributed by atoms with Crippen molar-refractivity contribution in [1.29, 1.82) is 0 Å². The fraction of sp³-hybridized carbons (Fsp3) is 0.300. The summed E-state index contributed by atoms with van der Waals surface area (Å²) in [7, 11) is 1.65. The molecule has 10 nitrogen and oxygen atoms in total. The summed E-state index contributed by atoms with van der Waals surface area (Å²) >= 11 is 6.05. The van der Waals surface area contributed by atoms with Crippen molar-refractivity contribution in [3.05, 3.63) is 68.0 Å². The third-order valence-corrected chi connectivity index (χ3v) is 9.48. The minimum Gasteiger partial charge on any atom is -0.372 e. The van der Waals surface area contributed by atoms with Crippen LogP contribution in [0, 0.1) is 10.5 Å². The molecule has 2 aromatic carbocycles. The summed E-state index contributed by atoms with van der Waals surface area (Å²) in [5, 5.41) is 8.04. The van der Waals surface area contributed by atoms with Crippen LogP contribution in [0.3, 0.4) is 0 Å². The second-order valence-electron chi connectivity index (χ2n) is 9.67. The van der Waals surface area contributed by atoms with E-state index in [-0.39, 0.29) is 45.0 Å². The number of nitrogens with two attached hydrogens (primary N) is 2. The quantitative estimate of drug-likeness (QED) is 0.112. The maximum atomic E-state index is 13.6. The number of hydrogen-bond donors (Lipinski definition) is 3. The van der Waals surface area contributed by atoms with Crippen LogP contribution in [-0.2, 0) is 11.2 Å². The van der Waals surface area contributed by atoms with Gasteiger partial charge < -0.3 is 10.9 Å². The average molecular weight is 744 g/mol. The number of carbonyl (C=O) groups is 1. The van der Waals surface area contributed by atoms with Gasteiger partial charge in [-0.3, -0.25) is 4.79 Å². The zero-order chi connectivity index (χ0) is 32.0. The normalized spacial score (nSPS) is 14.5. The number of ether oxygens (including phenoxy) is 4. The van der Waals surface area contributed by atoms with Gasteiger partial charge in [0, 0.05) is 0 Å². The molecule has 0 saturated carbocycles. The Bertz CT molecular complexity index is 1660. The Balaban J connectivity index is 0.000000834. The van der Waals surface area contributed by atoms with Gasteiger partial charge in [-0.05, 0) is 0 Å². The van der Waals surface area contributed by atoms with Crippen LogP contribution >= 0.6 is 11.6 Å². The maximum absolute atomic E-state index is 13.6. The fourth-order valence-corrected chi connectivity index (χ4v) is 7.30. The van der Waals surface area contributed by atoms with E-state index in [2.05, 4.69) is 40.4 Å². The van der Waals surface area contributed by atoms with Crippen molar-refractivity contribution in [2.24, 2.45) is 11.6 Å². The smallest absolute Gasteiger partial charge is 0.204 e. The molecule has 2 aliphatic rings. The van der Waals surface area contributed by atoms with Gasteiger partial charge >= 0.3 is 241 Å². The first kappa shape index (κ1) is 33.4. The molecular weight excluding hydrogens is 713 g/mol. The van der Waals surface area contributed by atoms with Crippen molar-refractivity contribution in [3.8, 4) is 34.3 Å². The molecule has 0 fully saturated rings. The molecule has 5 N–H and O–H groups in total. The molecule has 2 aromatic heterocycles. The van der Waals surface area contributed by atoms with Gasteiger partial charge in [0.25, 0.3) is 0 Å². The van der Waals surface area contributed by atoms with Crippen molar-refractivity contribution >= 4 is 28.9 Å². The number of rotatable bonds is 7. The molecule has 0 saturated heterocycles. The summed E-state index contributed by atoms with van der Waals surface area (Å²) in [6.07, 6.45) is -0.791. The number of carbonyl (C=O) groups excluding carboxylic acids is 1. The van der Waals surface area contributed by atoms with E-state index in [1.807, 2.05) is 19.1 Å². The molecule has 4 aromatic rings.